The summed E-state index contributed by atoms with van der Waals surface area (Å²) < 4.78 is 5.55. The first-order valence-electron chi connectivity index (χ1n) is 7.85. The molecular formula is C17H22N4O4. The Hall–Kier alpha value is -2.87. The molecule has 1 aromatic heterocycles. The second-order valence-electron chi connectivity index (χ2n) is 5.97. The Bertz CT molecular complexity index is 725. The Morgan fingerprint density at radius 1 is 1.16 bits per heavy atom. The average Bonchev–Trinajstić information content (AvgIpc) is 2.96. The monoisotopic (exact) mass is 346 g/mol. The Morgan fingerprint density at radius 2 is 1.84 bits per heavy atom. The third-order valence-corrected chi connectivity index (χ3v) is 3.58. The van der Waals surface area contributed by atoms with Gasteiger partial charge in [-0.05, 0) is 45.3 Å². The van der Waals surface area contributed by atoms with Crippen LogP contribution in [0.4, 0.5) is 16.2 Å². The van der Waals surface area contributed by atoms with Gasteiger partial charge in [-0.15, -0.1) is 0 Å². The number of benzene rings is 1. The standard InChI is InChI=1S/C17H22N4O4/c1-13-4-9-16(25-13)12-20(11-10-19(2)3)17(22)18-14-5-7-15(8-6-14)21(23)24/h4-9H,10-12H2,1-3H3,(H,18,22). The van der Waals surface area contributed by atoms with E-state index in [-0.39, 0.29) is 11.7 Å². The van der Waals surface area contributed by atoms with E-state index in [0.717, 1.165) is 5.76 Å². The van der Waals surface area contributed by atoms with Gasteiger partial charge in [0.2, 0.25) is 0 Å². The predicted molar refractivity (Wildman–Crippen MR) is 94.5 cm³/mol. The van der Waals surface area contributed by atoms with Crippen molar-refractivity contribution in [2.24, 2.45) is 0 Å². The summed E-state index contributed by atoms with van der Waals surface area (Å²) in [5, 5.41) is 13.5. The smallest absolute Gasteiger partial charge is 0.322 e. The number of furan rings is 1. The zero-order chi connectivity index (χ0) is 18.4. The summed E-state index contributed by atoms with van der Waals surface area (Å²) in [6.45, 7) is 3.42. The van der Waals surface area contributed by atoms with E-state index in [2.05, 4.69) is 5.32 Å². The van der Waals surface area contributed by atoms with Gasteiger partial charge in [-0.3, -0.25) is 10.1 Å². The number of carbonyl (C=O) groups excluding carboxylic acids is 1. The molecule has 0 aliphatic heterocycles. The highest BCUT2D eigenvalue weighted by atomic mass is 16.6. The Balaban J connectivity index is 2.06. The molecule has 2 rings (SSSR count). The van der Waals surface area contributed by atoms with Gasteiger partial charge in [0.1, 0.15) is 11.5 Å². The quantitative estimate of drug-likeness (QED) is 0.614. The largest absolute Gasteiger partial charge is 0.464 e. The van der Waals surface area contributed by atoms with Crippen LogP contribution in [-0.4, -0.2) is 47.9 Å². The first-order valence-corrected chi connectivity index (χ1v) is 7.85. The molecule has 8 heteroatoms. The lowest BCUT2D eigenvalue weighted by Gasteiger charge is -2.24. The second-order valence-corrected chi connectivity index (χ2v) is 5.97. The summed E-state index contributed by atoms with van der Waals surface area (Å²) in [5.41, 5.74) is 0.481. The van der Waals surface area contributed by atoms with Gasteiger partial charge in [0, 0.05) is 30.9 Å². The molecule has 0 fully saturated rings. The predicted octanol–water partition coefficient (Wildman–Crippen LogP) is 3.09. The highest BCUT2D eigenvalue weighted by Crippen LogP contribution is 2.17. The molecule has 0 spiro atoms. The molecule has 0 bridgehead atoms. The number of nitro benzene ring substituents is 1. The van der Waals surface area contributed by atoms with Crippen LogP contribution in [0.5, 0.6) is 0 Å². The first-order chi connectivity index (χ1) is 11.8. The van der Waals surface area contributed by atoms with Gasteiger partial charge in [-0.2, -0.15) is 0 Å². The van der Waals surface area contributed by atoms with Crippen molar-refractivity contribution in [3.63, 3.8) is 0 Å². The number of amides is 2. The molecule has 1 N–H and O–H groups in total. The van der Waals surface area contributed by atoms with Crippen molar-refractivity contribution < 1.29 is 14.1 Å². The van der Waals surface area contributed by atoms with Gasteiger partial charge in [0.15, 0.2) is 0 Å². The number of hydrogen-bond acceptors (Lipinski definition) is 5. The fraction of sp³-hybridized carbons (Fsp3) is 0.353. The summed E-state index contributed by atoms with van der Waals surface area (Å²) in [6, 6.07) is 9.15. The van der Waals surface area contributed by atoms with Crippen LogP contribution in [0.15, 0.2) is 40.8 Å². The normalized spacial score (nSPS) is 10.7. The van der Waals surface area contributed by atoms with Crippen LogP contribution in [0.25, 0.3) is 0 Å². The van der Waals surface area contributed by atoms with Crippen LogP contribution < -0.4 is 5.32 Å². The molecule has 0 unspecified atom stereocenters. The molecule has 8 nitrogen and oxygen atoms in total. The number of nitro groups is 1. The number of rotatable bonds is 7. The maximum absolute atomic E-state index is 12.6. The van der Waals surface area contributed by atoms with E-state index in [1.54, 1.807) is 4.90 Å². The van der Waals surface area contributed by atoms with Crippen molar-refractivity contribution in [3.8, 4) is 0 Å². The minimum absolute atomic E-state index is 0.0199. The van der Waals surface area contributed by atoms with Gasteiger partial charge in [-0.25, -0.2) is 4.79 Å². The van der Waals surface area contributed by atoms with Gasteiger partial charge in [-0.1, -0.05) is 0 Å². The molecule has 2 amide bonds. The number of nitrogens with zero attached hydrogens (tertiary/aromatic N) is 3. The van der Waals surface area contributed by atoms with Crippen molar-refractivity contribution in [1.29, 1.82) is 0 Å². The van der Waals surface area contributed by atoms with Crippen molar-refractivity contribution in [2.45, 2.75) is 13.5 Å². The molecule has 0 saturated carbocycles. The number of non-ortho nitro benzene ring substituents is 1. The molecule has 0 atom stereocenters. The van der Waals surface area contributed by atoms with Crippen LogP contribution in [0, 0.1) is 17.0 Å². The van der Waals surface area contributed by atoms with E-state index in [0.29, 0.717) is 31.1 Å². The van der Waals surface area contributed by atoms with Crippen molar-refractivity contribution >= 4 is 17.4 Å². The Labute approximate surface area is 146 Å². The van der Waals surface area contributed by atoms with Crippen LogP contribution in [0.3, 0.4) is 0 Å². The minimum Gasteiger partial charge on any atom is -0.464 e. The van der Waals surface area contributed by atoms with Gasteiger partial charge >= 0.3 is 6.03 Å². The SMILES string of the molecule is Cc1ccc(CN(CCN(C)C)C(=O)Nc2ccc([N+](=O)[O-])cc2)o1. The average molecular weight is 346 g/mol. The zero-order valence-corrected chi connectivity index (χ0v) is 14.6. The van der Waals surface area contributed by atoms with E-state index in [1.165, 1.54) is 24.3 Å². The zero-order valence-electron chi connectivity index (χ0n) is 14.6. The fourth-order valence-electron chi connectivity index (χ4n) is 2.20. The Kier molecular flexibility index (Phi) is 6.13. The van der Waals surface area contributed by atoms with Crippen LogP contribution in [0.1, 0.15) is 11.5 Å². The maximum atomic E-state index is 12.6. The minimum atomic E-state index is -0.478. The van der Waals surface area contributed by atoms with E-state index in [4.69, 9.17) is 4.42 Å². The lowest BCUT2D eigenvalue weighted by molar-refractivity contribution is -0.384. The van der Waals surface area contributed by atoms with E-state index >= 15 is 0 Å². The number of aryl methyl sites for hydroxylation is 1. The van der Waals surface area contributed by atoms with Crippen LogP contribution >= 0.6 is 0 Å². The summed E-state index contributed by atoms with van der Waals surface area (Å²) in [5.74, 6) is 1.49. The van der Waals surface area contributed by atoms with Crippen molar-refractivity contribution in [3.05, 3.63) is 58.0 Å². The number of urea groups is 1. The molecule has 0 aliphatic rings. The van der Waals surface area contributed by atoms with Gasteiger partial charge < -0.3 is 19.5 Å². The molecule has 2 aromatic rings. The summed E-state index contributed by atoms with van der Waals surface area (Å²) >= 11 is 0. The summed E-state index contributed by atoms with van der Waals surface area (Å²) in [7, 11) is 3.87. The molecular weight excluding hydrogens is 324 g/mol. The summed E-state index contributed by atoms with van der Waals surface area (Å²) in [4.78, 5) is 26.4. The summed E-state index contributed by atoms with van der Waals surface area (Å²) in [6.07, 6.45) is 0. The lowest BCUT2D eigenvalue weighted by Crippen LogP contribution is -2.38. The molecule has 134 valence electrons. The van der Waals surface area contributed by atoms with E-state index in [9.17, 15) is 14.9 Å². The van der Waals surface area contributed by atoms with Gasteiger partial charge in [0.05, 0.1) is 11.5 Å². The second kappa shape index (κ2) is 8.29. The third kappa shape index (κ3) is 5.61. The maximum Gasteiger partial charge on any atom is 0.322 e. The van der Waals surface area contributed by atoms with Crippen LogP contribution in [0.2, 0.25) is 0 Å². The number of carbonyl (C=O) groups is 1. The molecule has 0 radical (unpaired) electrons. The van der Waals surface area contributed by atoms with Crippen molar-refractivity contribution in [2.75, 3.05) is 32.5 Å². The topological polar surface area (TPSA) is 91.9 Å². The molecule has 25 heavy (non-hydrogen) atoms. The first kappa shape index (κ1) is 18.5. The Morgan fingerprint density at radius 3 is 2.36 bits per heavy atom. The molecule has 0 aliphatic carbocycles. The third-order valence-electron chi connectivity index (χ3n) is 3.58. The molecule has 0 saturated heterocycles. The highest BCUT2D eigenvalue weighted by Gasteiger charge is 2.16. The highest BCUT2D eigenvalue weighted by molar-refractivity contribution is 5.89. The van der Waals surface area contributed by atoms with E-state index in [1.807, 2.05) is 38.1 Å². The number of hydrogen-bond donors (Lipinski definition) is 1. The number of likely N-dealkylation sites (N-methyl/N-ethyl adjacent to an activating group) is 1. The molecule has 1 heterocycles. The van der Waals surface area contributed by atoms with Crippen molar-refractivity contribution in [1.82, 2.24) is 9.80 Å². The van der Waals surface area contributed by atoms with Gasteiger partial charge in [0.25, 0.3) is 5.69 Å². The number of nitrogens with one attached hydrogen (secondary N) is 1. The fourth-order valence-corrected chi connectivity index (χ4v) is 2.20. The van der Waals surface area contributed by atoms with E-state index < -0.39 is 4.92 Å². The number of anilines is 1. The molecule has 1 aromatic carbocycles. The lowest BCUT2D eigenvalue weighted by atomic mass is 10.3. The van der Waals surface area contributed by atoms with Crippen LogP contribution in [-0.2, 0) is 6.54 Å².